The van der Waals surface area contributed by atoms with E-state index in [1.807, 2.05) is 25.1 Å². The van der Waals surface area contributed by atoms with Gasteiger partial charge in [-0.15, -0.1) is 0 Å². The number of aliphatic hydroxyl groups is 1. The van der Waals surface area contributed by atoms with Gasteiger partial charge in [-0.2, -0.15) is 0 Å². The molecule has 0 radical (unpaired) electrons. The van der Waals surface area contributed by atoms with Crippen LogP contribution < -0.4 is 4.74 Å². The zero-order valence-electron chi connectivity index (χ0n) is 10.7. The number of aryl methyl sites for hydroxylation is 1. The van der Waals surface area contributed by atoms with Crippen LogP contribution in [0.15, 0.2) is 40.9 Å². The van der Waals surface area contributed by atoms with E-state index >= 15 is 0 Å². The minimum absolute atomic E-state index is 0.532. The van der Waals surface area contributed by atoms with Crippen LogP contribution >= 0.6 is 27.5 Å². The van der Waals surface area contributed by atoms with E-state index in [0.29, 0.717) is 10.8 Å². The number of aliphatic hydroxyl groups excluding tert-OH is 1. The fourth-order valence-electron chi connectivity index (χ4n) is 1.93. The molecule has 4 heteroatoms. The zero-order valence-corrected chi connectivity index (χ0v) is 13.0. The first-order chi connectivity index (χ1) is 9.02. The predicted octanol–water partition coefficient (Wildman–Crippen LogP) is 4.50. The lowest BCUT2D eigenvalue weighted by molar-refractivity contribution is 0.219. The van der Waals surface area contributed by atoms with E-state index in [0.717, 1.165) is 21.2 Å². The van der Waals surface area contributed by atoms with Crippen LogP contribution in [-0.2, 0) is 0 Å². The molecule has 2 aromatic carbocycles. The summed E-state index contributed by atoms with van der Waals surface area (Å²) in [5, 5.41) is 11.0. The highest BCUT2D eigenvalue weighted by Crippen LogP contribution is 2.32. The van der Waals surface area contributed by atoms with Gasteiger partial charge in [0, 0.05) is 4.47 Å². The van der Waals surface area contributed by atoms with Gasteiger partial charge in [-0.25, -0.2) is 0 Å². The van der Waals surface area contributed by atoms with Crippen molar-refractivity contribution >= 4 is 27.5 Å². The Morgan fingerprint density at radius 3 is 2.63 bits per heavy atom. The number of hydrogen-bond donors (Lipinski definition) is 1. The van der Waals surface area contributed by atoms with Crippen molar-refractivity contribution in [1.82, 2.24) is 0 Å². The third-order valence-electron chi connectivity index (χ3n) is 3.03. The summed E-state index contributed by atoms with van der Waals surface area (Å²) in [6.07, 6.45) is -0.705. The first-order valence-electron chi connectivity index (χ1n) is 5.80. The topological polar surface area (TPSA) is 29.5 Å². The second-order valence-electron chi connectivity index (χ2n) is 4.30. The molecule has 0 saturated heterocycles. The van der Waals surface area contributed by atoms with Gasteiger partial charge in [0.25, 0.3) is 0 Å². The van der Waals surface area contributed by atoms with E-state index < -0.39 is 6.10 Å². The molecule has 0 aliphatic carbocycles. The molecule has 0 spiro atoms. The maximum Gasteiger partial charge on any atom is 0.137 e. The normalized spacial score (nSPS) is 12.3. The molecule has 1 atom stereocenters. The van der Waals surface area contributed by atoms with Crippen LogP contribution in [0.25, 0.3) is 0 Å². The van der Waals surface area contributed by atoms with Gasteiger partial charge in [0.1, 0.15) is 11.9 Å². The monoisotopic (exact) mass is 340 g/mol. The van der Waals surface area contributed by atoms with Gasteiger partial charge >= 0.3 is 0 Å². The fraction of sp³-hybridized carbons (Fsp3) is 0.200. The van der Waals surface area contributed by atoms with E-state index in [9.17, 15) is 5.11 Å². The largest absolute Gasteiger partial charge is 0.495 e. The minimum atomic E-state index is -0.705. The second kappa shape index (κ2) is 5.95. The summed E-state index contributed by atoms with van der Waals surface area (Å²) in [5.74, 6) is 0.561. The van der Waals surface area contributed by atoms with Gasteiger partial charge in [0.15, 0.2) is 0 Å². The first-order valence-corrected chi connectivity index (χ1v) is 6.97. The molecule has 0 aliphatic heterocycles. The number of methoxy groups -OCH3 is 1. The Kier molecular flexibility index (Phi) is 4.50. The Morgan fingerprint density at radius 2 is 1.95 bits per heavy atom. The van der Waals surface area contributed by atoms with Crippen molar-refractivity contribution < 1.29 is 9.84 Å². The number of benzene rings is 2. The minimum Gasteiger partial charge on any atom is -0.495 e. The first kappa shape index (κ1) is 14.4. The Hall–Kier alpha value is -1.03. The van der Waals surface area contributed by atoms with Crippen molar-refractivity contribution in [3.8, 4) is 5.75 Å². The van der Waals surface area contributed by atoms with E-state index in [1.54, 1.807) is 25.3 Å². The van der Waals surface area contributed by atoms with Crippen LogP contribution in [-0.4, -0.2) is 12.2 Å². The van der Waals surface area contributed by atoms with Gasteiger partial charge in [-0.05, 0) is 47.9 Å². The van der Waals surface area contributed by atoms with Crippen molar-refractivity contribution in [2.24, 2.45) is 0 Å². The Morgan fingerprint density at radius 1 is 1.21 bits per heavy atom. The molecule has 0 saturated carbocycles. The number of rotatable bonds is 3. The highest BCUT2D eigenvalue weighted by atomic mass is 79.9. The summed E-state index contributed by atoms with van der Waals surface area (Å²) < 4.78 is 6.11. The average molecular weight is 342 g/mol. The van der Waals surface area contributed by atoms with Crippen LogP contribution in [0.1, 0.15) is 22.8 Å². The van der Waals surface area contributed by atoms with Crippen LogP contribution in [0.3, 0.4) is 0 Å². The van der Waals surface area contributed by atoms with Gasteiger partial charge in [-0.1, -0.05) is 39.7 Å². The van der Waals surface area contributed by atoms with Crippen LogP contribution in [0, 0.1) is 6.92 Å². The van der Waals surface area contributed by atoms with Crippen LogP contribution in [0.4, 0.5) is 0 Å². The zero-order chi connectivity index (χ0) is 14.0. The lowest BCUT2D eigenvalue weighted by Gasteiger charge is -2.16. The molecule has 1 unspecified atom stereocenters. The van der Waals surface area contributed by atoms with E-state index in [-0.39, 0.29) is 0 Å². The van der Waals surface area contributed by atoms with Gasteiger partial charge in [0.2, 0.25) is 0 Å². The van der Waals surface area contributed by atoms with Gasteiger partial charge in [-0.3, -0.25) is 0 Å². The van der Waals surface area contributed by atoms with Crippen LogP contribution in [0.2, 0.25) is 5.02 Å². The number of halogens is 2. The van der Waals surface area contributed by atoms with Gasteiger partial charge < -0.3 is 9.84 Å². The molecular weight excluding hydrogens is 328 g/mol. The maximum atomic E-state index is 10.5. The van der Waals surface area contributed by atoms with E-state index in [4.69, 9.17) is 16.3 Å². The third-order valence-corrected chi connectivity index (χ3v) is 3.83. The predicted molar refractivity (Wildman–Crippen MR) is 80.9 cm³/mol. The molecule has 0 amide bonds. The van der Waals surface area contributed by atoms with Crippen molar-refractivity contribution in [2.45, 2.75) is 13.0 Å². The quantitative estimate of drug-likeness (QED) is 0.890. The highest BCUT2D eigenvalue weighted by molar-refractivity contribution is 9.10. The smallest absolute Gasteiger partial charge is 0.137 e. The molecule has 2 nitrogen and oxygen atoms in total. The lowest BCUT2D eigenvalue weighted by atomic mass is 9.97. The summed E-state index contributed by atoms with van der Waals surface area (Å²) in [5.41, 5.74) is 2.64. The van der Waals surface area contributed by atoms with Crippen molar-refractivity contribution in [3.63, 3.8) is 0 Å². The average Bonchev–Trinajstić information content (AvgIpc) is 2.41. The second-order valence-corrected chi connectivity index (χ2v) is 5.62. The van der Waals surface area contributed by atoms with E-state index in [2.05, 4.69) is 15.9 Å². The van der Waals surface area contributed by atoms with E-state index in [1.165, 1.54) is 0 Å². The molecule has 1 N–H and O–H groups in total. The van der Waals surface area contributed by atoms with Crippen molar-refractivity contribution in [1.29, 1.82) is 0 Å². The summed E-state index contributed by atoms with van der Waals surface area (Å²) in [6, 6.07) is 11.1. The molecule has 0 aliphatic rings. The number of hydrogen-bond acceptors (Lipinski definition) is 2. The standard InChI is InChI=1S/C15H14BrClO2/c1-9-3-5-11(16)8-12(9)15(18)10-4-6-13(17)14(7-10)19-2/h3-8,15,18H,1-2H3. The molecule has 0 bridgehead atoms. The highest BCUT2D eigenvalue weighted by Gasteiger charge is 2.15. The molecule has 19 heavy (non-hydrogen) atoms. The SMILES string of the molecule is COc1cc(C(O)c2cc(Br)ccc2C)ccc1Cl. The maximum absolute atomic E-state index is 10.5. The van der Waals surface area contributed by atoms with Gasteiger partial charge in [0.05, 0.1) is 12.1 Å². The van der Waals surface area contributed by atoms with Crippen molar-refractivity contribution in [3.05, 3.63) is 62.6 Å². The molecular formula is C15H14BrClO2. The number of ether oxygens (including phenoxy) is 1. The third kappa shape index (κ3) is 3.11. The Labute approximate surface area is 126 Å². The fourth-order valence-corrected chi connectivity index (χ4v) is 2.51. The summed E-state index contributed by atoms with van der Waals surface area (Å²) in [7, 11) is 1.56. The summed E-state index contributed by atoms with van der Waals surface area (Å²) in [4.78, 5) is 0. The van der Waals surface area contributed by atoms with Crippen LogP contribution in [0.5, 0.6) is 5.75 Å². The molecule has 0 aromatic heterocycles. The summed E-state index contributed by atoms with van der Waals surface area (Å²) >= 11 is 9.41. The lowest BCUT2D eigenvalue weighted by Crippen LogP contribution is -2.02. The molecule has 100 valence electrons. The molecule has 2 rings (SSSR count). The molecule has 0 heterocycles. The van der Waals surface area contributed by atoms with Crippen molar-refractivity contribution in [2.75, 3.05) is 7.11 Å². The molecule has 0 fully saturated rings. The Balaban J connectivity index is 2.43. The summed E-state index contributed by atoms with van der Waals surface area (Å²) in [6.45, 7) is 1.97. The molecule has 2 aromatic rings. The Bertz CT molecular complexity index is 599.